The Kier molecular flexibility index (Phi) is 7.22. The number of rotatable bonds is 7. The fourth-order valence-electron chi connectivity index (χ4n) is 2.32. The van der Waals surface area contributed by atoms with E-state index in [1.54, 1.807) is 19.2 Å². The van der Waals surface area contributed by atoms with Gasteiger partial charge >= 0.3 is 11.8 Å². The van der Waals surface area contributed by atoms with Crippen molar-refractivity contribution in [3.05, 3.63) is 30.5 Å². The molecule has 1 aromatic rings. The number of carbonyl (C=O) groups excluding carboxylic acids is 2. The van der Waals surface area contributed by atoms with Gasteiger partial charge in [-0.3, -0.25) is 9.59 Å². The molecule has 1 aromatic heterocycles. The second-order valence-corrected chi connectivity index (χ2v) is 5.54. The summed E-state index contributed by atoms with van der Waals surface area (Å²) in [5.41, 5.74) is 0.440. The highest BCUT2D eigenvalue weighted by molar-refractivity contribution is 6.39. The highest BCUT2D eigenvalue weighted by Gasteiger charge is 2.16. The van der Waals surface area contributed by atoms with Gasteiger partial charge in [0, 0.05) is 19.7 Å². The molecule has 7 heteroatoms. The number of amides is 2. The van der Waals surface area contributed by atoms with Gasteiger partial charge < -0.3 is 20.1 Å². The van der Waals surface area contributed by atoms with Crippen molar-refractivity contribution in [1.29, 1.82) is 0 Å². The Morgan fingerprint density at radius 2 is 2.12 bits per heavy atom. The molecule has 2 amide bonds. The molecule has 1 atom stereocenters. The summed E-state index contributed by atoms with van der Waals surface area (Å²) in [4.78, 5) is 27.8. The van der Waals surface area contributed by atoms with Crippen molar-refractivity contribution in [1.82, 2.24) is 10.3 Å². The number of pyridine rings is 1. The summed E-state index contributed by atoms with van der Waals surface area (Å²) in [6.07, 6.45) is 8.70. The molecule has 24 heavy (non-hydrogen) atoms. The standard InChI is InChI=1S/C17H23N3O4/c1-23-9-10-24-15-8-7-14(12-18-15)20-17(22)16(21)19-11-13-5-3-2-4-6-13/h2-3,7-8,12-13H,4-6,9-11H2,1H3,(H,19,21)(H,20,22). The topological polar surface area (TPSA) is 89.5 Å². The molecule has 0 saturated carbocycles. The van der Waals surface area contributed by atoms with Gasteiger partial charge in [0.2, 0.25) is 5.88 Å². The maximum Gasteiger partial charge on any atom is 0.313 e. The quantitative estimate of drug-likeness (QED) is 0.449. The van der Waals surface area contributed by atoms with Crippen molar-refractivity contribution < 1.29 is 19.1 Å². The lowest BCUT2D eigenvalue weighted by atomic mass is 9.94. The van der Waals surface area contributed by atoms with Crippen molar-refractivity contribution in [3.8, 4) is 5.88 Å². The number of anilines is 1. The number of aromatic nitrogens is 1. The van der Waals surface area contributed by atoms with E-state index in [4.69, 9.17) is 9.47 Å². The number of hydrogen-bond donors (Lipinski definition) is 2. The highest BCUT2D eigenvalue weighted by atomic mass is 16.5. The minimum absolute atomic E-state index is 0.397. The van der Waals surface area contributed by atoms with E-state index in [-0.39, 0.29) is 0 Å². The normalized spacial score (nSPS) is 16.5. The van der Waals surface area contributed by atoms with Crippen LogP contribution in [0, 0.1) is 5.92 Å². The number of ether oxygens (including phenoxy) is 2. The predicted molar refractivity (Wildman–Crippen MR) is 89.7 cm³/mol. The van der Waals surface area contributed by atoms with Gasteiger partial charge in [0.25, 0.3) is 0 Å². The summed E-state index contributed by atoms with van der Waals surface area (Å²) < 4.78 is 10.2. The third-order valence-corrected chi connectivity index (χ3v) is 3.67. The van der Waals surface area contributed by atoms with Gasteiger partial charge in [-0.05, 0) is 31.2 Å². The molecular weight excluding hydrogens is 310 g/mol. The first kappa shape index (κ1) is 17.9. The van der Waals surface area contributed by atoms with E-state index in [1.807, 2.05) is 0 Å². The van der Waals surface area contributed by atoms with Gasteiger partial charge in [-0.15, -0.1) is 0 Å². The summed E-state index contributed by atoms with van der Waals surface area (Å²) in [6, 6.07) is 3.25. The molecule has 0 fully saturated rings. The van der Waals surface area contributed by atoms with E-state index in [0.717, 1.165) is 19.3 Å². The Morgan fingerprint density at radius 1 is 1.25 bits per heavy atom. The zero-order chi connectivity index (χ0) is 17.2. The monoisotopic (exact) mass is 333 g/mol. The molecule has 0 spiro atoms. The van der Waals surface area contributed by atoms with Crippen molar-refractivity contribution in [2.45, 2.75) is 19.3 Å². The van der Waals surface area contributed by atoms with Crippen molar-refractivity contribution in [2.75, 3.05) is 32.2 Å². The molecule has 0 aromatic carbocycles. The average Bonchev–Trinajstić information content (AvgIpc) is 2.62. The van der Waals surface area contributed by atoms with Crippen molar-refractivity contribution in [3.63, 3.8) is 0 Å². The second-order valence-electron chi connectivity index (χ2n) is 5.54. The number of carbonyl (C=O) groups is 2. The Balaban J connectivity index is 1.74. The van der Waals surface area contributed by atoms with Gasteiger partial charge in [0.05, 0.1) is 18.5 Å². The van der Waals surface area contributed by atoms with Crippen LogP contribution in [-0.2, 0) is 14.3 Å². The number of nitrogens with zero attached hydrogens (tertiary/aromatic N) is 1. The van der Waals surface area contributed by atoms with E-state index in [2.05, 4.69) is 27.8 Å². The minimum Gasteiger partial charge on any atom is -0.475 e. The zero-order valence-corrected chi connectivity index (χ0v) is 13.8. The molecule has 1 aliphatic carbocycles. The number of allylic oxidation sites excluding steroid dienone is 2. The van der Waals surface area contributed by atoms with Gasteiger partial charge in [-0.1, -0.05) is 12.2 Å². The highest BCUT2D eigenvalue weighted by Crippen LogP contribution is 2.17. The van der Waals surface area contributed by atoms with Crippen LogP contribution >= 0.6 is 0 Å². The molecular formula is C17H23N3O4. The SMILES string of the molecule is COCCOc1ccc(NC(=O)C(=O)NCC2CC=CCC2)cn1. The van der Waals surface area contributed by atoms with Crippen LogP contribution in [0.15, 0.2) is 30.5 Å². The van der Waals surface area contributed by atoms with E-state index in [0.29, 0.717) is 37.2 Å². The minimum atomic E-state index is -0.698. The molecule has 1 aliphatic rings. The zero-order valence-electron chi connectivity index (χ0n) is 13.8. The summed E-state index contributed by atoms with van der Waals surface area (Å²) in [5.74, 6) is -0.502. The summed E-state index contributed by atoms with van der Waals surface area (Å²) in [7, 11) is 1.59. The molecule has 7 nitrogen and oxygen atoms in total. The number of nitrogens with one attached hydrogen (secondary N) is 2. The molecule has 2 rings (SSSR count). The Labute approximate surface area is 141 Å². The maximum atomic E-state index is 11.9. The molecule has 0 saturated heterocycles. The van der Waals surface area contributed by atoms with Crippen LogP contribution < -0.4 is 15.4 Å². The summed E-state index contributed by atoms with van der Waals surface area (Å²) in [5, 5.41) is 5.19. The smallest absolute Gasteiger partial charge is 0.313 e. The lowest BCUT2D eigenvalue weighted by Gasteiger charge is -2.17. The van der Waals surface area contributed by atoms with E-state index in [1.165, 1.54) is 6.20 Å². The van der Waals surface area contributed by atoms with Gasteiger partial charge in [-0.2, -0.15) is 0 Å². The van der Waals surface area contributed by atoms with Gasteiger partial charge in [-0.25, -0.2) is 4.98 Å². The Bertz CT molecular complexity index is 572. The van der Waals surface area contributed by atoms with E-state index in [9.17, 15) is 9.59 Å². The molecule has 0 bridgehead atoms. The molecule has 0 aliphatic heterocycles. The first-order chi connectivity index (χ1) is 11.7. The molecule has 2 N–H and O–H groups in total. The third-order valence-electron chi connectivity index (χ3n) is 3.67. The van der Waals surface area contributed by atoms with E-state index >= 15 is 0 Å². The second kappa shape index (κ2) is 9.67. The van der Waals surface area contributed by atoms with E-state index < -0.39 is 11.8 Å². The Hall–Kier alpha value is -2.41. The molecule has 1 heterocycles. The molecule has 1 unspecified atom stereocenters. The van der Waals surface area contributed by atoms with Gasteiger partial charge in [0.1, 0.15) is 6.61 Å². The summed E-state index contributed by atoms with van der Waals surface area (Å²) in [6.45, 7) is 1.38. The lowest BCUT2D eigenvalue weighted by Crippen LogP contribution is -2.38. The van der Waals surface area contributed by atoms with Crippen LogP contribution in [0.3, 0.4) is 0 Å². The van der Waals surface area contributed by atoms with Crippen LogP contribution in [0.2, 0.25) is 0 Å². The third kappa shape index (κ3) is 6.00. The first-order valence-corrected chi connectivity index (χ1v) is 8.01. The van der Waals surface area contributed by atoms with Crippen LogP contribution in [0.25, 0.3) is 0 Å². The maximum absolute atomic E-state index is 11.9. The fraction of sp³-hybridized carbons (Fsp3) is 0.471. The average molecular weight is 333 g/mol. The molecule has 130 valence electrons. The summed E-state index contributed by atoms with van der Waals surface area (Å²) >= 11 is 0. The van der Waals surface area contributed by atoms with Crippen LogP contribution in [0.4, 0.5) is 5.69 Å². The number of hydrogen-bond acceptors (Lipinski definition) is 5. The largest absolute Gasteiger partial charge is 0.475 e. The lowest BCUT2D eigenvalue weighted by molar-refractivity contribution is -0.136. The predicted octanol–water partition coefficient (Wildman–Crippen LogP) is 1.52. The van der Waals surface area contributed by atoms with Crippen LogP contribution in [-0.4, -0.2) is 43.7 Å². The Morgan fingerprint density at radius 3 is 2.79 bits per heavy atom. The van der Waals surface area contributed by atoms with Crippen molar-refractivity contribution >= 4 is 17.5 Å². The first-order valence-electron chi connectivity index (χ1n) is 8.01. The van der Waals surface area contributed by atoms with Crippen LogP contribution in [0.5, 0.6) is 5.88 Å². The van der Waals surface area contributed by atoms with Crippen LogP contribution in [0.1, 0.15) is 19.3 Å². The molecule has 0 radical (unpaired) electrons. The number of methoxy groups -OCH3 is 1. The van der Waals surface area contributed by atoms with Crippen molar-refractivity contribution in [2.24, 2.45) is 5.92 Å². The fourth-order valence-corrected chi connectivity index (χ4v) is 2.32. The van der Waals surface area contributed by atoms with Gasteiger partial charge in [0.15, 0.2) is 0 Å².